The van der Waals surface area contributed by atoms with Crippen molar-refractivity contribution in [1.29, 1.82) is 5.26 Å². The number of hydrogen-bond acceptors (Lipinski definition) is 5. The number of halogens is 2. The van der Waals surface area contributed by atoms with Crippen LogP contribution in [0.25, 0.3) is 0 Å². The van der Waals surface area contributed by atoms with Crippen molar-refractivity contribution < 1.29 is 9.53 Å². The molecule has 8 heteroatoms. The quantitative estimate of drug-likeness (QED) is 0.754. The minimum absolute atomic E-state index is 0.159. The molecule has 1 amide bonds. The summed E-state index contributed by atoms with van der Waals surface area (Å²) in [6.07, 6.45) is 0. The van der Waals surface area contributed by atoms with Crippen LogP contribution < -0.4 is 10.1 Å². The van der Waals surface area contributed by atoms with E-state index in [1.165, 1.54) is 0 Å². The summed E-state index contributed by atoms with van der Waals surface area (Å²) in [4.78, 5) is 16.8. The van der Waals surface area contributed by atoms with Crippen molar-refractivity contribution in [3.63, 3.8) is 0 Å². The Morgan fingerprint density at radius 2 is 1.76 bits per heavy atom. The summed E-state index contributed by atoms with van der Waals surface area (Å²) in [6, 6.07) is 12.5. The Bertz CT molecular complexity index is 921. The van der Waals surface area contributed by atoms with Crippen molar-refractivity contribution >= 4 is 34.8 Å². The molecule has 1 saturated heterocycles. The van der Waals surface area contributed by atoms with Gasteiger partial charge in [-0.1, -0.05) is 23.2 Å². The van der Waals surface area contributed by atoms with Gasteiger partial charge in [-0.05, 0) is 36.4 Å². The summed E-state index contributed by atoms with van der Waals surface area (Å²) in [7, 11) is 1.65. The van der Waals surface area contributed by atoms with Crippen LogP contribution in [0.3, 0.4) is 0 Å². The van der Waals surface area contributed by atoms with Gasteiger partial charge < -0.3 is 10.1 Å². The lowest BCUT2D eigenvalue weighted by atomic mass is 10.1. The number of nitrogens with one attached hydrogen (secondary N) is 1. The van der Waals surface area contributed by atoms with Crippen LogP contribution in [0.5, 0.6) is 5.75 Å². The van der Waals surface area contributed by atoms with Crippen LogP contribution in [-0.2, 0) is 11.3 Å². The van der Waals surface area contributed by atoms with E-state index in [0.717, 1.165) is 44.0 Å². The van der Waals surface area contributed by atoms with E-state index in [4.69, 9.17) is 27.9 Å². The molecule has 1 fully saturated rings. The van der Waals surface area contributed by atoms with Crippen molar-refractivity contribution in [3.05, 3.63) is 57.6 Å². The maximum absolute atomic E-state index is 12.4. The second-order valence-corrected chi connectivity index (χ2v) is 7.73. The highest BCUT2D eigenvalue weighted by molar-refractivity contribution is 6.31. The molecule has 152 valence electrons. The van der Waals surface area contributed by atoms with Gasteiger partial charge in [-0.3, -0.25) is 14.6 Å². The average Bonchev–Trinajstić information content (AvgIpc) is 2.70. The fraction of sp³-hybridized carbons (Fsp3) is 0.333. The van der Waals surface area contributed by atoms with Crippen LogP contribution in [0.1, 0.15) is 11.1 Å². The molecule has 0 atom stereocenters. The van der Waals surface area contributed by atoms with Crippen molar-refractivity contribution in [2.24, 2.45) is 0 Å². The smallest absolute Gasteiger partial charge is 0.238 e. The number of carbonyl (C=O) groups is 1. The van der Waals surface area contributed by atoms with Gasteiger partial charge in [0.25, 0.3) is 0 Å². The predicted molar refractivity (Wildman–Crippen MR) is 115 cm³/mol. The van der Waals surface area contributed by atoms with Gasteiger partial charge in [-0.2, -0.15) is 5.26 Å². The topological polar surface area (TPSA) is 68.6 Å². The third kappa shape index (κ3) is 5.84. The summed E-state index contributed by atoms with van der Waals surface area (Å²) < 4.78 is 5.42. The Morgan fingerprint density at radius 3 is 2.45 bits per heavy atom. The Labute approximate surface area is 180 Å². The standard InChI is InChI=1S/C21H22Cl2N4O2/c1-29-20-5-4-17(22)10-16(20)13-26-6-8-27(9-7-26)14-21(28)25-19-11-18(23)3-2-15(19)12-24/h2-5,10-11H,6-9,13-14H2,1H3,(H,25,28). The largest absolute Gasteiger partial charge is 0.496 e. The molecule has 3 rings (SSSR count). The van der Waals surface area contributed by atoms with Gasteiger partial charge in [-0.15, -0.1) is 0 Å². The van der Waals surface area contributed by atoms with Gasteiger partial charge in [0.05, 0.1) is 24.9 Å². The number of anilines is 1. The minimum atomic E-state index is -0.159. The van der Waals surface area contributed by atoms with Crippen molar-refractivity contribution in [3.8, 4) is 11.8 Å². The Kier molecular flexibility index (Phi) is 7.34. The third-order valence-electron chi connectivity index (χ3n) is 4.84. The maximum atomic E-state index is 12.4. The molecule has 0 radical (unpaired) electrons. The molecule has 0 saturated carbocycles. The summed E-state index contributed by atoms with van der Waals surface area (Å²) in [5, 5.41) is 13.1. The molecule has 0 aliphatic carbocycles. The highest BCUT2D eigenvalue weighted by Gasteiger charge is 2.20. The summed E-state index contributed by atoms with van der Waals surface area (Å²) in [5.41, 5.74) is 1.89. The number of ether oxygens (including phenoxy) is 1. The third-order valence-corrected chi connectivity index (χ3v) is 5.31. The van der Waals surface area contributed by atoms with E-state index in [1.807, 2.05) is 18.2 Å². The normalized spacial score (nSPS) is 15.0. The van der Waals surface area contributed by atoms with Crippen molar-refractivity contribution in [2.45, 2.75) is 6.54 Å². The first-order valence-corrected chi connectivity index (χ1v) is 10.0. The zero-order chi connectivity index (χ0) is 20.8. The SMILES string of the molecule is COc1ccc(Cl)cc1CN1CCN(CC(=O)Nc2cc(Cl)ccc2C#N)CC1. The molecule has 1 heterocycles. The van der Waals surface area contributed by atoms with E-state index in [-0.39, 0.29) is 12.5 Å². The zero-order valence-corrected chi connectivity index (χ0v) is 17.6. The minimum Gasteiger partial charge on any atom is -0.496 e. The van der Waals surface area contributed by atoms with Crippen LogP contribution in [0.15, 0.2) is 36.4 Å². The molecule has 1 N–H and O–H groups in total. The highest BCUT2D eigenvalue weighted by atomic mass is 35.5. The van der Waals surface area contributed by atoms with Gasteiger partial charge in [0, 0.05) is 48.3 Å². The summed E-state index contributed by atoms with van der Waals surface area (Å²) in [6.45, 7) is 4.24. The Balaban J connectivity index is 1.51. The lowest BCUT2D eigenvalue weighted by Gasteiger charge is -2.34. The first-order chi connectivity index (χ1) is 14.0. The molecule has 1 aliphatic rings. The van der Waals surface area contributed by atoms with Crippen LogP contribution >= 0.6 is 23.2 Å². The molecular weight excluding hydrogens is 411 g/mol. The van der Waals surface area contributed by atoms with Crippen LogP contribution in [0.4, 0.5) is 5.69 Å². The second-order valence-electron chi connectivity index (χ2n) is 6.86. The number of rotatable bonds is 6. The lowest BCUT2D eigenvalue weighted by molar-refractivity contribution is -0.117. The molecule has 2 aromatic rings. The first-order valence-electron chi connectivity index (χ1n) is 9.25. The van der Waals surface area contributed by atoms with E-state index in [2.05, 4.69) is 21.2 Å². The first kappa shape index (κ1) is 21.4. The van der Waals surface area contributed by atoms with Crippen LogP contribution in [0, 0.1) is 11.3 Å². The number of carbonyl (C=O) groups excluding carboxylic acids is 1. The van der Waals surface area contributed by atoms with Crippen molar-refractivity contribution in [2.75, 3.05) is 45.2 Å². The van der Waals surface area contributed by atoms with Crippen molar-refractivity contribution in [1.82, 2.24) is 9.80 Å². The summed E-state index contributed by atoms with van der Waals surface area (Å²) in [5.74, 6) is 0.666. The van der Waals surface area contributed by atoms with Gasteiger partial charge in [0.2, 0.25) is 5.91 Å². The fourth-order valence-corrected chi connectivity index (χ4v) is 3.69. The molecule has 2 aromatic carbocycles. The Hall–Kier alpha value is -2.30. The van der Waals surface area contributed by atoms with E-state index >= 15 is 0 Å². The number of nitriles is 1. The predicted octanol–water partition coefficient (Wildman–Crippen LogP) is 3.63. The number of benzene rings is 2. The molecule has 1 aliphatic heterocycles. The van der Waals surface area contributed by atoms with Crippen LogP contribution in [-0.4, -0.2) is 55.5 Å². The number of piperazine rings is 1. The van der Waals surface area contributed by atoms with Gasteiger partial charge in [-0.25, -0.2) is 0 Å². The maximum Gasteiger partial charge on any atom is 0.238 e. The number of nitrogens with zero attached hydrogens (tertiary/aromatic N) is 3. The summed E-state index contributed by atoms with van der Waals surface area (Å²) >= 11 is 12.1. The zero-order valence-electron chi connectivity index (χ0n) is 16.1. The second kappa shape index (κ2) is 9.95. The van der Waals surface area contributed by atoms with E-state index in [1.54, 1.807) is 25.3 Å². The number of hydrogen-bond donors (Lipinski definition) is 1. The Morgan fingerprint density at radius 1 is 1.10 bits per heavy atom. The molecule has 0 aromatic heterocycles. The van der Waals surface area contributed by atoms with Gasteiger partial charge in [0.1, 0.15) is 11.8 Å². The van der Waals surface area contributed by atoms with E-state index < -0.39 is 0 Å². The molecule has 6 nitrogen and oxygen atoms in total. The van der Waals surface area contributed by atoms with Crippen LogP contribution in [0.2, 0.25) is 10.0 Å². The molecule has 0 bridgehead atoms. The fourth-order valence-electron chi connectivity index (χ4n) is 3.33. The number of amides is 1. The average molecular weight is 433 g/mol. The molecule has 0 spiro atoms. The highest BCUT2D eigenvalue weighted by Crippen LogP contribution is 2.24. The van der Waals surface area contributed by atoms with E-state index in [0.29, 0.717) is 21.3 Å². The van der Waals surface area contributed by atoms with Gasteiger partial charge in [0.15, 0.2) is 0 Å². The monoisotopic (exact) mass is 432 g/mol. The number of methoxy groups -OCH3 is 1. The van der Waals surface area contributed by atoms with E-state index in [9.17, 15) is 10.1 Å². The molecule has 29 heavy (non-hydrogen) atoms. The molecule has 0 unspecified atom stereocenters. The lowest BCUT2D eigenvalue weighted by Crippen LogP contribution is -2.48. The van der Waals surface area contributed by atoms with Gasteiger partial charge >= 0.3 is 0 Å². The molecular formula is C21H22Cl2N4O2.